The molecule has 41 heavy (non-hydrogen) atoms. The Hall–Kier alpha value is -4.17. The lowest BCUT2D eigenvalue weighted by Gasteiger charge is -2.33. The molecule has 1 aromatic heterocycles. The molecular formula is C29H21Cl2N5O4S. The standard InChI is InChI=1S/C29H21Cl2N5O4S/c1-34-28(39)36(20-11-18(30)10-19(31)12-20)26(38)29(34)15-35(14-22(29)17-8-6-16(13-32)7-9-17)27-33-23-5-3-4-21(24(23)41-27)25(37)40-2/h3-12,22H,14-15H2,1-2H3/t22-,29+/m0/s1. The van der Waals surface area contributed by atoms with E-state index in [1.807, 2.05) is 23.1 Å². The number of benzene rings is 3. The minimum absolute atomic E-state index is 0.150. The van der Waals surface area contributed by atoms with E-state index in [2.05, 4.69) is 6.07 Å². The van der Waals surface area contributed by atoms with Crippen LogP contribution in [-0.2, 0) is 9.53 Å². The van der Waals surface area contributed by atoms with Crippen molar-refractivity contribution in [2.75, 3.05) is 37.0 Å². The molecule has 3 amide bonds. The fourth-order valence-corrected chi connectivity index (χ4v) is 7.28. The Morgan fingerprint density at radius 1 is 1.12 bits per heavy atom. The van der Waals surface area contributed by atoms with Crippen LogP contribution in [0.1, 0.15) is 27.4 Å². The van der Waals surface area contributed by atoms with Gasteiger partial charge in [0.1, 0.15) is 5.54 Å². The molecular weight excluding hydrogens is 585 g/mol. The van der Waals surface area contributed by atoms with Crippen LogP contribution in [-0.4, -0.2) is 60.6 Å². The number of carbonyl (C=O) groups is 3. The van der Waals surface area contributed by atoms with Gasteiger partial charge in [0.2, 0.25) is 0 Å². The fraction of sp³-hybridized carbons (Fsp3) is 0.207. The number of hydrogen-bond donors (Lipinski definition) is 0. The predicted molar refractivity (Wildman–Crippen MR) is 157 cm³/mol. The van der Waals surface area contributed by atoms with Crippen LogP contribution >= 0.6 is 34.5 Å². The van der Waals surface area contributed by atoms with Gasteiger partial charge in [-0.2, -0.15) is 5.26 Å². The van der Waals surface area contributed by atoms with Crippen LogP contribution in [0.2, 0.25) is 10.0 Å². The van der Waals surface area contributed by atoms with E-state index in [0.717, 1.165) is 10.5 Å². The van der Waals surface area contributed by atoms with Gasteiger partial charge < -0.3 is 14.5 Å². The predicted octanol–water partition coefficient (Wildman–Crippen LogP) is 5.70. The lowest BCUT2D eigenvalue weighted by Crippen LogP contribution is -2.53. The van der Waals surface area contributed by atoms with Gasteiger partial charge in [-0.05, 0) is 48.0 Å². The molecule has 2 aliphatic heterocycles. The second-order valence-electron chi connectivity index (χ2n) is 9.84. The lowest BCUT2D eigenvalue weighted by atomic mass is 9.80. The third-order valence-electron chi connectivity index (χ3n) is 7.69. The topological polar surface area (TPSA) is 107 Å². The Labute approximate surface area is 249 Å². The van der Waals surface area contributed by atoms with Crippen LogP contribution in [0.4, 0.5) is 15.6 Å². The molecule has 1 spiro atoms. The van der Waals surface area contributed by atoms with Crippen molar-refractivity contribution >= 4 is 73.5 Å². The number of anilines is 2. The lowest BCUT2D eigenvalue weighted by molar-refractivity contribution is -0.124. The number of nitrogens with zero attached hydrogens (tertiary/aromatic N) is 5. The first kappa shape index (κ1) is 27.0. The molecule has 4 aromatic rings. The van der Waals surface area contributed by atoms with E-state index in [4.69, 9.17) is 32.9 Å². The van der Waals surface area contributed by atoms with Crippen molar-refractivity contribution in [3.05, 3.63) is 87.4 Å². The average Bonchev–Trinajstić information content (AvgIpc) is 3.63. The van der Waals surface area contributed by atoms with Crippen molar-refractivity contribution in [1.29, 1.82) is 5.26 Å². The molecule has 0 aliphatic carbocycles. The average molecular weight is 606 g/mol. The molecule has 206 valence electrons. The Balaban J connectivity index is 1.48. The molecule has 2 saturated heterocycles. The summed E-state index contributed by atoms with van der Waals surface area (Å²) in [7, 11) is 2.94. The summed E-state index contributed by atoms with van der Waals surface area (Å²) >= 11 is 13.8. The first-order valence-electron chi connectivity index (χ1n) is 12.5. The minimum Gasteiger partial charge on any atom is -0.465 e. The van der Waals surface area contributed by atoms with E-state index >= 15 is 0 Å². The number of amides is 3. The molecule has 0 N–H and O–H groups in total. The Morgan fingerprint density at radius 3 is 2.49 bits per heavy atom. The quantitative estimate of drug-likeness (QED) is 0.217. The number of ether oxygens (including phenoxy) is 1. The smallest absolute Gasteiger partial charge is 0.339 e. The molecule has 0 radical (unpaired) electrons. The highest BCUT2D eigenvalue weighted by molar-refractivity contribution is 7.22. The van der Waals surface area contributed by atoms with E-state index in [1.165, 1.54) is 41.5 Å². The summed E-state index contributed by atoms with van der Waals surface area (Å²) in [6.45, 7) is 0.504. The summed E-state index contributed by atoms with van der Waals surface area (Å²) in [6, 6.07) is 18.5. The normalized spacial score (nSPS) is 20.4. The van der Waals surface area contributed by atoms with Crippen molar-refractivity contribution in [2.24, 2.45) is 0 Å². The van der Waals surface area contributed by atoms with Gasteiger partial charge in [0.05, 0.1) is 46.8 Å². The fourth-order valence-electron chi connectivity index (χ4n) is 5.69. The number of hydrogen-bond acceptors (Lipinski definition) is 8. The van der Waals surface area contributed by atoms with Gasteiger partial charge >= 0.3 is 12.0 Å². The van der Waals surface area contributed by atoms with Crippen LogP contribution < -0.4 is 9.80 Å². The molecule has 9 nitrogen and oxygen atoms in total. The zero-order valence-corrected chi connectivity index (χ0v) is 24.1. The van der Waals surface area contributed by atoms with Gasteiger partial charge in [-0.15, -0.1) is 0 Å². The van der Waals surface area contributed by atoms with Crippen LogP contribution in [0, 0.1) is 11.3 Å². The third kappa shape index (κ3) is 4.20. The monoisotopic (exact) mass is 605 g/mol. The molecule has 6 rings (SSSR count). The first-order valence-corrected chi connectivity index (χ1v) is 14.1. The number of fused-ring (bicyclic) bond motifs is 1. The number of likely N-dealkylation sites (N-methyl/N-ethyl adjacent to an activating group) is 1. The summed E-state index contributed by atoms with van der Waals surface area (Å²) in [5.74, 6) is -1.36. The van der Waals surface area contributed by atoms with Gasteiger partial charge in [0, 0.05) is 29.6 Å². The highest BCUT2D eigenvalue weighted by atomic mass is 35.5. The van der Waals surface area contributed by atoms with Crippen LogP contribution in [0.5, 0.6) is 0 Å². The highest BCUT2D eigenvalue weighted by Crippen LogP contribution is 2.48. The second kappa shape index (κ2) is 10.0. The van der Waals surface area contributed by atoms with Gasteiger partial charge in [-0.25, -0.2) is 19.5 Å². The first-order chi connectivity index (χ1) is 19.7. The molecule has 0 unspecified atom stereocenters. The zero-order valence-electron chi connectivity index (χ0n) is 21.8. The second-order valence-corrected chi connectivity index (χ2v) is 11.7. The number of thiazole rings is 1. The summed E-state index contributed by atoms with van der Waals surface area (Å²) in [5.41, 5.74) is 1.28. The van der Waals surface area contributed by atoms with Crippen molar-refractivity contribution in [3.8, 4) is 6.07 Å². The maximum Gasteiger partial charge on any atom is 0.339 e. The Morgan fingerprint density at radius 2 is 1.83 bits per heavy atom. The molecule has 12 heteroatoms. The van der Waals surface area contributed by atoms with Crippen LogP contribution in [0.25, 0.3) is 10.2 Å². The largest absolute Gasteiger partial charge is 0.465 e. The van der Waals surface area contributed by atoms with E-state index < -0.39 is 29.4 Å². The highest BCUT2D eigenvalue weighted by Gasteiger charge is 2.64. The molecule has 3 heterocycles. The van der Waals surface area contributed by atoms with Gasteiger partial charge in [-0.1, -0.05) is 52.7 Å². The van der Waals surface area contributed by atoms with Gasteiger partial charge in [0.15, 0.2) is 5.13 Å². The number of halogens is 2. The van der Waals surface area contributed by atoms with Crippen molar-refractivity contribution < 1.29 is 19.1 Å². The number of esters is 1. The van der Waals surface area contributed by atoms with E-state index in [0.29, 0.717) is 43.1 Å². The van der Waals surface area contributed by atoms with Crippen LogP contribution in [0.3, 0.4) is 0 Å². The minimum atomic E-state index is -1.30. The summed E-state index contributed by atoms with van der Waals surface area (Å²) in [6.07, 6.45) is 0. The number of methoxy groups -OCH3 is 1. The summed E-state index contributed by atoms with van der Waals surface area (Å²) < 4.78 is 5.62. The molecule has 2 aliphatic rings. The van der Waals surface area contributed by atoms with E-state index in [-0.39, 0.29) is 12.2 Å². The van der Waals surface area contributed by atoms with Crippen molar-refractivity contribution in [1.82, 2.24) is 9.88 Å². The molecule has 0 saturated carbocycles. The van der Waals surface area contributed by atoms with Gasteiger partial charge in [0.25, 0.3) is 5.91 Å². The SMILES string of the molecule is COC(=O)c1cccc2nc(N3C[C@@H](c4ccc(C#N)cc4)[C@]4(C3)C(=O)N(c3cc(Cl)cc(Cl)c3)C(=O)N4C)sc12. The maximum atomic E-state index is 14.4. The molecule has 2 fully saturated rings. The maximum absolute atomic E-state index is 14.4. The van der Waals surface area contributed by atoms with Crippen molar-refractivity contribution in [2.45, 2.75) is 11.5 Å². The van der Waals surface area contributed by atoms with E-state index in [9.17, 15) is 19.6 Å². The number of aromatic nitrogens is 1. The summed E-state index contributed by atoms with van der Waals surface area (Å²) in [4.78, 5) is 49.9. The molecule has 0 bridgehead atoms. The summed E-state index contributed by atoms with van der Waals surface area (Å²) in [5, 5.41) is 10.5. The number of rotatable bonds is 4. The number of urea groups is 1. The number of imide groups is 1. The number of nitriles is 1. The van der Waals surface area contributed by atoms with E-state index in [1.54, 1.807) is 31.3 Å². The van der Waals surface area contributed by atoms with Crippen LogP contribution in [0.15, 0.2) is 60.7 Å². The Kier molecular flexibility index (Phi) is 6.61. The number of carbonyl (C=O) groups excluding carboxylic acids is 3. The Bertz CT molecular complexity index is 1770. The molecule has 3 aromatic carbocycles. The zero-order chi connectivity index (χ0) is 29.1. The van der Waals surface area contributed by atoms with Crippen molar-refractivity contribution in [3.63, 3.8) is 0 Å². The molecule has 2 atom stereocenters. The third-order valence-corrected chi connectivity index (χ3v) is 9.29. The van der Waals surface area contributed by atoms with Gasteiger partial charge in [-0.3, -0.25) is 4.79 Å².